The van der Waals surface area contributed by atoms with Crippen LogP contribution in [0.2, 0.25) is 0 Å². The van der Waals surface area contributed by atoms with Crippen molar-refractivity contribution in [2.24, 2.45) is 0 Å². The molecule has 2 atom stereocenters. The molecule has 9 nitrogen and oxygen atoms in total. The molecule has 2 unspecified atom stereocenters. The minimum Gasteiger partial charge on any atom is -0.451 e. The zero-order valence-corrected chi connectivity index (χ0v) is 14.9. The summed E-state index contributed by atoms with van der Waals surface area (Å²) in [6, 6.07) is 6.63. The van der Waals surface area contributed by atoms with E-state index < -0.39 is 35.8 Å². The van der Waals surface area contributed by atoms with Crippen LogP contribution in [0.3, 0.4) is 0 Å². The Morgan fingerprint density at radius 2 is 1.74 bits per heavy atom. The SMILES string of the molecule is Cc1cc(NC(=O)C(C)OC(=O)C(C)N2C(=O)c3ccccc3C2=O)no1. The van der Waals surface area contributed by atoms with Gasteiger partial charge in [0.1, 0.15) is 11.8 Å². The van der Waals surface area contributed by atoms with E-state index >= 15 is 0 Å². The normalized spacial score (nSPS) is 15.3. The van der Waals surface area contributed by atoms with Gasteiger partial charge in [-0.1, -0.05) is 17.3 Å². The molecule has 0 saturated carbocycles. The zero-order chi connectivity index (χ0) is 19.7. The first kappa shape index (κ1) is 18.3. The topological polar surface area (TPSA) is 119 Å². The van der Waals surface area contributed by atoms with Crippen LogP contribution in [0.15, 0.2) is 34.9 Å². The molecule has 1 aromatic carbocycles. The lowest BCUT2D eigenvalue weighted by Gasteiger charge is -2.22. The highest BCUT2D eigenvalue weighted by molar-refractivity contribution is 6.22. The monoisotopic (exact) mass is 371 g/mol. The van der Waals surface area contributed by atoms with Gasteiger partial charge >= 0.3 is 5.97 Å². The molecule has 1 aromatic heterocycles. The molecule has 3 rings (SSSR count). The number of rotatable bonds is 5. The molecule has 1 aliphatic rings. The summed E-state index contributed by atoms with van der Waals surface area (Å²) in [6.07, 6.45) is -1.16. The maximum absolute atomic E-state index is 12.4. The van der Waals surface area contributed by atoms with Crippen LogP contribution in [0.25, 0.3) is 0 Å². The van der Waals surface area contributed by atoms with Gasteiger partial charge in [-0.05, 0) is 32.9 Å². The molecule has 0 saturated heterocycles. The summed E-state index contributed by atoms with van der Waals surface area (Å²) in [7, 11) is 0. The number of aromatic nitrogens is 1. The number of anilines is 1. The first-order valence-corrected chi connectivity index (χ1v) is 8.21. The fourth-order valence-corrected chi connectivity index (χ4v) is 2.64. The number of ether oxygens (including phenoxy) is 1. The number of aryl methyl sites for hydroxylation is 1. The molecule has 140 valence electrons. The van der Waals surface area contributed by atoms with E-state index in [9.17, 15) is 19.2 Å². The largest absolute Gasteiger partial charge is 0.451 e. The highest BCUT2D eigenvalue weighted by atomic mass is 16.5. The summed E-state index contributed by atoms with van der Waals surface area (Å²) >= 11 is 0. The molecule has 0 aliphatic carbocycles. The Balaban J connectivity index is 1.65. The van der Waals surface area contributed by atoms with Gasteiger partial charge in [-0.15, -0.1) is 0 Å². The van der Waals surface area contributed by atoms with E-state index in [1.165, 1.54) is 32.0 Å². The number of hydrogen-bond donors (Lipinski definition) is 1. The van der Waals surface area contributed by atoms with Crippen LogP contribution in [-0.4, -0.2) is 45.9 Å². The van der Waals surface area contributed by atoms with Crippen LogP contribution < -0.4 is 5.32 Å². The van der Waals surface area contributed by atoms with Gasteiger partial charge in [0.2, 0.25) is 0 Å². The minimum absolute atomic E-state index is 0.189. The van der Waals surface area contributed by atoms with Crippen LogP contribution >= 0.6 is 0 Å². The molecule has 2 heterocycles. The number of hydrogen-bond acceptors (Lipinski definition) is 7. The molecule has 0 bridgehead atoms. The lowest BCUT2D eigenvalue weighted by molar-refractivity contribution is -0.156. The second-order valence-corrected chi connectivity index (χ2v) is 6.09. The van der Waals surface area contributed by atoms with Crippen molar-refractivity contribution in [1.82, 2.24) is 10.1 Å². The molecule has 0 spiro atoms. The van der Waals surface area contributed by atoms with Crippen molar-refractivity contribution < 1.29 is 28.4 Å². The number of fused-ring (bicyclic) bond motifs is 1. The summed E-state index contributed by atoms with van der Waals surface area (Å²) in [5.74, 6) is -1.94. The van der Waals surface area contributed by atoms with Gasteiger partial charge in [0.25, 0.3) is 17.7 Å². The van der Waals surface area contributed by atoms with Gasteiger partial charge in [-0.3, -0.25) is 19.3 Å². The van der Waals surface area contributed by atoms with Gasteiger partial charge in [-0.25, -0.2) is 4.79 Å². The average Bonchev–Trinajstić information content (AvgIpc) is 3.16. The number of carbonyl (C=O) groups is 4. The lowest BCUT2D eigenvalue weighted by atomic mass is 10.1. The van der Waals surface area contributed by atoms with E-state index in [2.05, 4.69) is 10.5 Å². The second kappa shape index (κ2) is 7.02. The van der Waals surface area contributed by atoms with Crippen LogP contribution in [0, 0.1) is 6.92 Å². The number of nitrogens with one attached hydrogen (secondary N) is 1. The van der Waals surface area contributed by atoms with E-state index in [1.807, 2.05) is 0 Å². The quantitative estimate of drug-likeness (QED) is 0.625. The number of esters is 1. The fraction of sp³-hybridized carbons (Fsp3) is 0.278. The molecule has 1 aliphatic heterocycles. The minimum atomic E-state index is -1.18. The smallest absolute Gasteiger partial charge is 0.329 e. The fourth-order valence-electron chi connectivity index (χ4n) is 2.64. The van der Waals surface area contributed by atoms with E-state index in [0.29, 0.717) is 5.76 Å². The van der Waals surface area contributed by atoms with Crippen molar-refractivity contribution in [3.63, 3.8) is 0 Å². The molecule has 27 heavy (non-hydrogen) atoms. The Kier molecular flexibility index (Phi) is 4.76. The Morgan fingerprint density at radius 3 is 2.26 bits per heavy atom. The Bertz CT molecular complexity index is 900. The van der Waals surface area contributed by atoms with Gasteiger partial charge in [0.05, 0.1) is 11.1 Å². The predicted molar refractivity (Wildman–Crippen MR) is 91.8 cm³/mol. The second-order valence-electron chi connectivity index (χ2n) is 6.09. The number of imide groups is 1. The first-order chi connectivity index (χ1) is 12.8. The van der Waals surface area contributed by atoms with E-state index in [1.54, 1.807) is 19.1 Å². The number of amides is 3. The van der Waals surface area contributed by atoms with Gasteiger partial charge in [-0.2, -0.15) is 0 Å². The molecule has 2 aromatic rings. The maximum Gasteiger partial charge on any atom is 0.329 e. The standard InChI is InChI=1S/C18H17N3O6/c1-9-8-14(20-27-9)19-15(22)11(3)26-18(25)10(2)21-16(23)12-6-4-5-7-13(12)17(21)24/h4-8,10-11H,1-3H3,(H,19,20,22). The van der Waals surface area contributed by atoms with Crippen LogP contribution in [0.4, 0.5) is 5.82 Å². The zero-order valence-electron chi connectivity index (χ0n) is 14.9. The summed E-state index contributed by atoms with van der Waals surface area (Å²) in [6.45, 7) is 4.40. The molecule has 1 N–H and O–H groups in total. The third-order valence-electron chi connectivity index (χ3n) is 4.10. The van der Waals surface area contributed by atoms with Crippen LogP contribution in [0.5, 0.6) is 0 Å². The van der Waals surface area contributed by atoms with E-state index in [0.717, 1.165) is 4.90 Å². The first-order valence-electron chi connectivity index (χ1n) is 8.21. The number of nitrogens with zero attached hydrogens (tertiary/aromatic N) is 2. The summed E-state index contributed by atoms with van der Waals surface area (Å²) in [5.41, 5.74) is 0.462. The third kappa shape index (κ3) is 3.43. The van der Waals surface area contributed by atoms with Crippen molar-refractivity contribution in [3.05, 3.63) is 47.2 Å². The van der Waals surface area contributed by atoms with Crippen molar-refractivity contribution >= 4 is 29.5 Å². The molecular formula is C18H17N3O6. The maximum atomic E-state index is 12.4. The highest BCUT2D eigenvalue weighted by Crippen LogP contribution is 2.25. The highest BCUT2D eigenvalue weighted by Gasteiger charge is 2.41. The van der Waals surface area contributed by atoms with Gasteiger partial charge in [0.15, 0.2) is 11.9 Å². The number of carbonyl (C=O) groups excluding carboxylic acids is 4. The van der Waals surface area contributed by atoms with E-state index in [-0.39, 0.29) is 16.9 Å². The molecule has 9 heteroatoms. The number of benzene rings is 1. The molecule has 0 radical (unpaired) electrons. The lowest BCUT2D eigenvalue weighted by Crippen LogP contribution is -2.45. The molecular weight excluding hydrogens is 354 g/mol. The summed E-state index contributed by atoms with van der Waals surface area (Å²) in [4.78, 5) is 50.1. The van der Waals surface area contributed by atoms with Crippen molar-refractivity contribution in [2.45, 2.75) is 32.9 Å². The third-order valence-corrected chi connectivity index (χ3v) is 4.10. The van der Waals surface area contributed by atoms with E-state index in [4.69, 9.17) is 9.26 Å². The summed E-state index contributed by atoms with van der Waals surface area (Å²) < 4.78 is 9.94. The Labute approximate surface area is 154 Å². The van der Waals surface area contributed by atoms with Crippen molar-refractivity contribution in [3.8, 4) is 0 Å². The predicted octanol–water partition coefficient (Wildman–Crippen LogP) is 1.54. The Hall–Kier alpha value is -3.49. The Morgan fingerprint density at radius 1 is 1.15 bits per heavy atom. The summed E-state index contributed by atoms with van der Waals surface area (Å²) in [5, 5.41) is 6.05. The van der Waals surface area contributed by atoms with Gasteiger partial charge < -0.3 is 14.6 Å². The van der Waals surface area contributed by atoms with Crippen LogP contribution in [0.1, 0.15) is 40.3 Å². The molecule has 0 fully saturated rings. The van der Waals surface area contributed by atoms with Crippen LogP contribution in [-0.2, 0) is 14.3 Å². The average molecular weight is 371 g/mol. The van der Waals surface area contributed by atoms with Crippen molar-refractivity contribution in [2.75, 3.05) is 5.32 Å². The van der Waals surface area contributed by atoms with Crippen molar-refractivity contribution in [1.29, 1.82) is 0 Å². The van der Waals surface area contributed by atoms with Gasteiger partial charge in [0, 0.05) is 6.07 Å². The molecule has 3 amide bonds.